The van der Waals surface area contributed by atoms with Gasteiger partial charge in [0.1, 0.15) is 0 Å². The minimum Gasteiger partial charge on any atom is -0.395 e. The highest BCUT2D eigenvalue weighted by atomic mass is 19.4. The van der Waals surface area contributed by atoms with Crippen molar-refractivity contribution in [3.63, 3.8) is 0 Å². The number of hydrogen-bond donors (Lipinski definition) is 2. The van der Waals surface area contributed by atoms with Gasteiger partial charge < -0.3 is 10.8 Å². The highest BCUT2D eigenvalue weighted by Crippen LogP contribution is 2.34. The van der Waals surface area contributed by atoms with Crippen LogP contribution in [-0.2, 0) is 0 Å². The molecule has 0 aromatic carbocycles. The zero-order valence-corrected chi connectivity index (χ0v) is 10.8. The lowest BCUT2D eigenvalue weighted by atomic mass is 9.94. The lowest BCUT2D eigenvalue weighted by molar-refractivity contribution is -0.189. The van der Waals surface area contributed by atoms with E-state index in [1.807, 2.05) is 6.92 Å². The Balaban J connectivity index is 2.63. The summed E-state index contributed by atoms with van der Waals surface area (Å²) in [5.41, 5.74) is 5.94. The van der Waals surface area contributed by atoms with Crippen LogP contribution in [0.4, 0.5) is 13.2 Å². The van der Waals surface area contributed by atoms with Crippen molar-refractivity contribution < 1.29 is 18.3 Å². The maximum absolute atomic E-state index is 12.7. The Morgan fingerprint density at radius 1 is 1.44 bits per heavy atom. The number of halogens is 3. The normalized spacial score (nSPS) is 26.0. The molecule has 1 aliphatic rings. The molecule has 3 N–H and O–H groups in total. The smallest absolute Gasteiger partial charge is 0.393 e. The Bertz CT molecular complexity index is 248. The molecule has 0 spiro atoms. The predicted molar refractivity (Wildman–Crippen MR) is 64.1 cm³/mol. The van der Waals surface area contributed by atoms with Crippen LogP contribution in [0.25, 0.3) is 0 Å². The first kappa shape index (κ1) is 15.7. The van der Waals surface area contributed by atoms with Gasteiger partial charge in [0.2, 0.25) is 0 Å². The third-order valence-corrected chi connectivity index (χ3v) is 3.69. The van der Waals surface area contributed by atoms with Crippen LogP contribution in [-0.4, -0.2) is 48.0 Å². The lowest BCUT2D eigenvalue weighted by Gasteiger charge is -2.40. The predicted octanol–water partition coefficient (Wildman–Crippen LogP) is 1.75. The minimum absolute atomic E-state index is 0.0356. The third-order valence-electron chi connectivity index (χ3n) is 3.69. The Morgan fingerprint density at radius 2 is 2.11 bits per heavy atom. The van der Waals surface area contributed by atoms with Gasteiger partial charge in [-0.05, 0) is 25.8 Å². The molecular formula is C12H23F3N2O. The number of aliphatic hydroxyl groups is 1. The van der Waals surface area contributed by atoms with Gasteiger partial charge in [-0.25, -0.2) is 0 Å². The standard InChI is InChI=1S/C12H23F3N2O/c1-2-4-10(16)11(8-18)17-6-3-5-9(7-17)12(13,14)15/h9-11,18H,2-8,16H2,1H3. The molecule has 18 heavy (non-hydrogen) atoms. The van der Waals surface area contributed by atoms with Crippen LogP contribution in [0.2, 0.25) is 0 Å². The summed E-state index contributed by atoms with van der Waals surface area (Å²) in [5.74, 6) is -1.28. The summed E-state index contributed by atoms with van der Waals surface area (Å²) in [4.78, 5) is 1.71. The largest absolute Gasteiger partial charge is 0.395 e. The van der Waals surface area contributed by atoms with E-state index in [0.29, 0.717) is 13.0 Å². The zero-order valence-electron chi connectivity index (χ0n) is 10.8. The highest BCUT2D eigenvalue weighted by Gasteiger charge is 2.43. The molecule has 1 fully saturated rings. The first-order valence-corrected chi connectivity index (χ1v) is 6.57. The molecule has 6 heteroatoms. The molecule has 3 atom stereocenters. The molecule has 3 unspecified atom stereocenters. The molecule has 0 radical (unpaired) electrons. The van der Waals surface area contributed by atoms with Gasteiger partial charge in [-0.3, -0.25) is 4.90 Å². The summed E-state index contributed by atoms with van der Waals surface area (Å²) < 4.78 is 38.1. The summed E-state index contributed by atoms with van der Waals surface area (Å²) in [7, 11) is 0. The van der Waals surface area contributed by atoms with Gasteiger partial charge in [0.05, 0.1) is 12.5 Å². The lowest BCUT2D eigenvalue weighted by Crippen LogP contribution is -2.54. The van der Waals surface area contributed by atoms with Gasteiger partial charge in [-0.2, -0.15) is 13.2 Å². The molecule has 0 aromatic rings. The van der Waals surface area contributed by atoms with Crippen LogP contribution in [0, 0.1) is 5.92 Å². The van der Waals surface area contributed by atoms with Crippen molar-refractivity contribution in [3.8, 4) is 0 Å². The molecule has 108 valence electrons. The van der Waals surface area contributed by atoms with E-state index >= 15 is 0 Å². The van der Waals surface area contributed by atoms with Gasteiger partial charge in [-0.1, -0.05) is 13.3 Å². The molecule has 1 aliphatic heterocycles. The Labute approximate surface area is 106 Å². The number of aliphatic hydroxyl groups excluding tert-OH is 1. The molecule has 0 aliphatic carbocycles. The van der Waals surface area contributed by atoms with E-state index in [4.69, 9.17) is 5.73 Å². The van der Waals surface area contributed by atoms with Crippen molar-refractivity contribution in [1.82, 2.24) is 4.90 Å². The van der Waals surface area contributed by atoms with E-state index < -0.39 is 12.1 Å². The molecule has 0 saturated carbocycles. The summed E-state index contributed by atoms with van der Waals surface area (Å²) in [5, 5.41) is 9.36. The fourth-order valence-electron chi connectivity index (χ4n) is 2.62. The van der Waals surface area contributed by atoms with Crippen molar-refractivity contribution in [2.45, 2.75) is 50.9 Å². The molecule has 1 rings (SSSR count). The van der Waals surface area contributed by atoms with Crippen LogP contribution in [0.15, 0.2) is 0 Å². The van der Waals surface area contributed by atoms with Gasteiger partial charge >= 0.3 is 6.18 Å². The van der Waals surface area contributed by atoms with Gasteiger partial charge in [-0.15, -0.1) is 0 Å². The van der Waals surface area contributed by atoms with E-state index in [9.17, 15) is 18.3 Å². The average Bonchev–Trinajstić information content (AvgIpc) is 2.29. The molecule has 3 nitrogen and oxygen atoms in total. The zero-order chi connectivity index (χ0) is 13.8. The monoisotopic (exact) mass is 268 g/mol. The summed E-state index contributed by atoms with van der Waals surface area (Å²) in [6.07, 6.45) is -1.86. The summed E-state index contributed by atoms with van der Waals surface area (Å²) in [6, 6.07) is -0.609. The molecule has 0 aromatic heterocycles. The fraction of sp³-hybridized carbons (Fsp3) is 1.00. The number of alkyl halides is 3. The minimum atomic E-state index is -4.15. The van der Waals surface area contributed by atoms with Crippen molar-refractivity contribution in [3.05, 3.63) is 0 Å². The number of nitrogens with two attached hydrogens (primary N) is 1. The fourth-order valence-corrected chi connectivity index (χ4v) is 2.62. The topological polar surface area (TPSA) is 49.5 Å². The molecular weight excluding hydrogens is 245 g/mol. The SMILES string of the molecule is CCCC(N)C(CO)N1CCCC(C(F)(F)F)C1. The van der Waals surface area contributed by atoms with Crippen LogP contribution in [0.5, 0.6) is 0 Å². The van der Waals surface area contributed by atoms with Gasteiger partial charge in [0.25, 0.3) is 0 Å². The van der Waals surface area contributed by atoms with Crippen molar-refractivity contribution >= 4 is 0 Å². The third kappa shape index (κ3) is 4.10. The Hall–Kier alpha value is -0.330. The molecule has 0 amide bonds. The van der Waals surface area contributed by atoms with Gasteiger partial charge in [0, 0.05) is 18.6 Å². The van der Waals surface area contributed by atoms with E-state index in [2.05, 4.69) is 0 Å². The van der Waals surface area contributed by atoms with E-state index in [0.717, 1.165) is 12.8 Å². The number of piperidine rings is 1. The number of nitrogens with zero attached hydrogens (tertiary/aromatic N) is 1. The number of rotatable bonds is 5. The maximum atomic E-state index is 12.7. The molecule has 1 saturated heterocycles. The van der Waals surface area contributed by atoms with Crippen molar-refractivity contribution in [1.29, 1.82) is 0 Å². The van der Waals surface area contributed by atoms with Crippen LogP contribution < -0.4 is 5.73 Å². The van der Waals surface area contributed by atoms with E-state index in [1.54, 1.807) is 4.90 Å². The highest BCUT2D eigenvalue weighted by molar-refractivity contribution is 4.87. The second kappa shape index (κ2) is 6.73. The van der Waals surface area contributed by atoms with Crippen molar-refractivity contribution in [2.75, 3.05) is 19.7 Å². The maximum Gasteiger partial charge on any atom is 0.393 e. The Morgan fingerprint density at radius 3 is 2.61 bits per heavy atom. The van der Waals surface area contributed by atoms with E-state index in [1.165, 1.54) is 0 Å². The second-order valence-corrected chi connectivity index (χ2v) is 5.08. The Kier molecular flexibility index (Phi) is 5.88. The first-order valence-electron chi connectivity index (χ1n) is 6.57. The molecule has 0 bridgehead atoms. The van der Waals surface area contributed by atoms with Crippen LogP contribution in [0.3, 0.4) is 0 Å². The average molecular weight is 268 g/mol. The van der Waals surface area contributed by atoms with Crippen LogP contribution in [0.1, 0.15) is 32.6 Å². The summed E-state index contributed by atoms with van der Waals surface area (Å²) in [6.45, 7) is 2.36. The van der Waals surface area contributed by atoms with Gasteiger partial charge in [0.15, 0.2) is 0 Å². The number of hydrogen-bond acceptors (Lipinski definition) is 3. The molecule has 1 heterocycles. The summed E-state index contributed by atoms with van der Waals surface area (Å²) >= 11 is 0. The quantitative estimate of drug-likeness (QED) is 0.798. The number of likely N-dealkylation sites (tertiary alicyclic amines) is 1. The van der Waals surface area contributed by atoms with Crippen LogP contribution >= 0.6 is 0 Å². The van der Waals surface area contributed by atoms with E-state index in [-0.39, 0.29) is 31.7 Å². The first-order chi connectivity index (χ1) is 8.40. The van der Waals surface area contributed by atoms with Crippen molar-refractivity contribution in [2.24, 2.45) is 11.7 Å². The second-order valence-electron chi connectivity index (χ2n) is 5.08.